The van der Waals surface area contributed by atoms with Crippen LogP contribution in [0.3, 0.4) is 0 Å². The van der Waals surface area contributed by atoms with E-state index in [2.05, 4.69) is 4.90 Å². The van der Waals surface area contributed by atoms with Gasteiger partial charge in [-0.1, -0.05) is 0 Å². The lowest BCUT2D eigenvalue weighted by atomic mass is 9.77. The molecule has 0 bridgehead atoms. The van der Waals surface area contributed by atoms with Gasteiger partial charge in [-0.05, 0) is 71.3 Å². The van der Waals surface area contributed by atoms with Crippen molar-refractivity contribution in [2.45, 2.75) is 64.9 Å². The minimum absolute atomic E-state index is 0.000714. The first-order valence-electron chi connectivity index (χ1n) is 8.40. The average molecular weight is 297 g/mol. The number of likely N-dealkylation sites (tertiary alicyclic amines) is 1. The van der Waals surface area contributed by atoms with Gasteiger partial charge in [-0.25, -0.2) is 0 Å². The van der Waals surface area contributed by atoms with Crippen LogP contribution in [0, 0.1) is 11.3 Å². The van der Waals surface area contributed by atoms with Crippen molar-refractivity contribution in [1.29, 1.82) is 0 Å². The van der Waals surface area contributed by atoms with Gasteiger partial charge >= 0.3 is 5.97 Å². The van der Waals surface area contributed by atoms with E-state index in [0.717, 1.165) is 45.3 Å². The molecule has 2 rings (SSSR count). The zero-order valence-electron chi connectivity index (χ0n) is 13.9. The van der Waals surface area contributed by atoms with Crippen LogP contribution in [0.25, 0.3) is 0 Å². The Morgan fingerprint density at radius 1 is 1.29 bits per heavy atom. The summed E-state index contributed by atoms with van der Waals surface area (Å²) in [6.45, 7) is 9.55. The molecule has 1 aliphatic heterocycles. The quantitative estimate of drug-likeness (QED) is 0.605. The van der Waals surface area contributed by atoms with E-state index in [-0.39, 0.29) is 17.5 Å². The van der Waals surface area contributed by atoms with Crippen molar-refractivity contribution in [3.05, 3.63) is 0 Å². The Morgan fingerprint density at radius 3 is 2.62 bits per heavy atom. The summed E-state index contributed by atoms with van der Waals surface area (Å²) in [7, 11) is 0. The van der Waals surface area contributed by atoms with E-state index in [9.17, 15) is 4.79 Å². The maximum Gasteiger partial charge on any atom is 0.309 e. The van der Waals surface area contributed by atoms with Crippen LogP contribution in [0.2, 0.25) is 0 Å². The molecule has 21 heavy (non-hydrogen) atoms. The summed E-state index contributed by atoms with van der Waals surface area (Å²) in [6, 6.07) is 0. The van der Waals surface area contributed by atoms with Crippen molar-refractivity contribution in [2.75, 3.05) is 26.2 Å². The molecular weight excluding hydrogens is 266 g/mol. The van der Waals surface area contributed by atoms with Crippen molar-refractivity contribution in [3.8, 4) is 0 Å². The molecule has 0 aromatic heterocycles. The Kier molecular flexibility index (Phi) is 5.31. The van der Waals surface area contributed by atoms with E-state index in [1.165, 1.54) is 12.8 Å². The van der Waals surface area contributed by atoms with Gasteiger partial charge in [0.05, 0.1) is 5.92 Å². The van der Waals surface area contributed by atoms with Crippen LogP contribution in [0.15, 0.2) is 0 Å². The van der Waals surface area contributed by atoms with Crippen LogP contribution >= 0.6 is 0 Å². The monoisotopic (exact) mass is 297 g/mol. The summed E-state index contributed by atoms with van der Waals surface area (Å²) in [6.07, 6.45) is 6.37. The van der Waals surface area contributed by atoms with E-state index in [4.69, 9.17) is 9.84 Å². The highest BCUT2D eigenvalue weighted by molar-refractivity contribution is 5.73. The molecule has 0 radical (unpaired) electrons. The zero-order chi connectivity index (χ0) is 15.5. The molecule has 0 aromatic carbocycles. The van der Waals surface area contributed by atoms with Gasteiger partial charge in [-0.3, -0.25) is 4.79 Å². The van der Waals surface area contributed by atoms with Crippen molar-refractivity contribution < 1.29 is 14.6 Å². The standard InChI is InChI=1S/C17H31NO3/c1-16(2,3)21-15(20)14-7-8-17(11-14)12-18(13-17)9-5-4-6-10-19/h14,19H,4-13H2,1-3H3. The molecule has 0 aromatic rings. The molecular formula is C17H31NO3. The largest absolute Gasteiger partial charge is 0.460 e. The zero-order valence-corrected chi connectivity index (χ0v) is 13.9. The second-order valence-electron chi connectivity index (χ2n) is 7.97. The number of ether oxygens (including phenoxy) is 1. The van der Waals surface area contributed by atoms with Crippen LogP contribution < -0.4 is 0 Å². The number of nitrogens with zero attached hydrogens (tertiary/aromatic N) is 1. The van der Waals surface area contributed by atoms with Gasteiger partial charge in [-0.2, -0.15) is 0 Å². The molecule has 1 heterocycles. The first kappa shape index (κ1) is 16.8. The number of hydrogen-bond acceptors (Lipinski definition) is 4. The average Bonchev–Trinajstić information content (AvgIpc) is 2.77. The summed E-state index contributed by atoms with van der Waals surface area (Å²) in [4.78, 5) is 14.6. The Labute approximate surface area is 128 Å². The summed E-state index contributed by atoms with van der Waals surface area (Å²) >= 11 is 0. The fraction of sp³-hybridized carbons (Fsp3) is 0.941. The van der Waals surface area contributed by atoms with Crippen molar-refractivity contribution in [1.82, 2.24) is 4.90 Å². The minimum atomic E-state index is -0.370. The lowest BCUT2D eigenvalue weighted by Gasteiger charge is -2.48. The van der Waals surface area contributed by atoms with E-state index in [0.29, 0.717) is 12.0 Å². The Hall–Kier alpha value is -0.610. The van der Waals surface area contributed by atoms with E-state index in [1.54, 1.807) is 0 Å². The SMILES string of the molecule is CC(C)(C)OC(=O)C1CCC2(C1)CN(CCCCCO)C2. The van der Waals surface area contributed by atoms with Crippen molar-refractivity contribution in [2.24, 2.45) is 11.3 Å². The first-order valence-corrected chi connectivity index (χ1v) is 8.40. The predicted octanol–water partition coefficient (Wildman–Crippen LogP) is 2.59. The molecule has 1 saturated heterocycles. The highest BCUT2D eigenvalue weighted by Crippen LogP contribution is 2.48. The van der Waals surface area contributed by atoms with Crippen LogP contribution in [0.1, 0.15) is 59.3 Å². The third-order valence-electron chi connectivity index (χ3n) is 4.69. The molecule has 1 aliphatic carbocycles. The second-order valence-corrected chi connectivity index (χ2v) is 7.97. The van der Waals surface area contributed by atoms with Crippen LogP contribution in [-0.2, 0) is 9.53 Å². The number of unbranched alkanes of at least 4 members (excludes halogenated alkanes) is 2. The number of carbonyl (C=O) groups is 1. The number of hydrogen-bond donors (Lipinski definition) is 1. The van der Waals surface area contributed by atoms with Gasteiger partial charge in [0.15, 0.2) is 0 Å². The fourth-order valence-electron chi connectivity index (χ4n) is 3.77. The van der Waals surface area contributed by atoms with Crippen molar-refractivity contribution in [3.63, 3.8) is 0 Å². The highest BCUT2D eigenvalue weighted by Gasteiger charge is 2.49. The Morgan fingerprint density at radius 2 is 2.00 bits per heavy atom. The number of aliphatic hydroxyl groups is 1. The first-order chi connectivity index (χ1) is 9.84. The molecule has 1 atom stereocenters. The highest BCUT2D eigenvalue weighted by atomic mass is 16.6. The van der Waals surface area contributed by atoms with E-state index in [1.807, 2.05) is 20.8 Å². The third-order valence-corrected chi connectivity index (χ3v) is 4.69. The van der Waals surface area contributed by atoms with Gasteiger partial charge in [0.25, 0.3) is 0 Å². The molecule has 1 unspecified atom stereocenters. The Bertz CT molecular complexity index is 356. The Balaban J connectivity index is 1.68. The molecule has 2 aliphatic rings. The molecule has 1 saturated carbocycles. The predicted molar refractivity (Wildman–Crippen MR) is 83.0 cm³/mol. The molecule has 1 N–H and O–H groups in total. The summed E-state index contributed by atoms with van der Waals surface area (Å²) < 4.78 is 5.53. The smallest absolute Gasteiger partial charge is 0.309 e. The van der Waals surface area contributed by atoms with Crippen LogP contribution in [-0.4, -0.2) is 47.8 Å². The molecule has 0 amide bonds. The van der Waals surface area contributed by atoms with E-state index < -0.39 is 0 Å². The lowest BCUT2D eigenvalue weighted by Crippen LogP contribution is -2.55. The maximum absolute atomic E-state index is 12.2. The normalized spacial score (nSPS) is 25.0. The summed E-state index contributed by atoms with van der Waals surface area (Å²) in [5.41, 5.74) is 0.0176. The number of aliphatic hydroxyl groups excluding tert-OH is 1. The summed E-state index contributed by atoms with van der Waals surface area (Å²) in [5, 5.41) is 8.77. The topological polar surface area (TPSA) is 49.8 Å². The van der Waals surface area contributed by atoms with Gasteiger partial charge in [0, 0.05) is 19.7 Å². The lowest BCUT2D eigenvalue weighted by molar-refractivity contribution is -0.160. The van der Waals surface area contributed by atoms with E-state index >= 15 is 0 Å². The molecule has 122 valence electrons. The minimum Gasteiger partial charge on any atom is -0.460 e. The summed E-state index contributed by atoms with van der Waals surface area (Å²) in [5.74, 6) is 0.113. The van der Waals surface area contributed by atoms with Gasteiger partial charge < -0.3 is 14.7 Å². The van der Waals surface area contributed by atoms with Crippen LogP contribution in [0.5, 0.6) is 0 Å². The van der Waals surface area contributed by atoms with Gasteiger partial charge in [0.2, 0.25) is 0 Å². The van der Waals surface area contributed by atoms with Gasteiger partial charge in [0.1, 0.15) is 5.60 Å². The van der Waals surface area contributed by atoms with Gasteiger partial charge in [-0.15, -0.1) is 0 Å². The molecule has 4 nitrogen and oxygen atoms in total. The molecule has 4 heteroatoms. The number of rotatable bonds is 6. The maximum atomic E-state index is 12.2. The van der Waals surface area contributed by atoms with Crippen molar-refractivity contribution >= 4 is 5.97 Å². The number of carbonyl (C=O) groups excluding carboxylic acids is 1. The van der Waals surface area contributed by atoms with Crippen LogP contribution in [0.4, 0.5) is 0 Å². The molecule has 1 spiro atoms. The third kappa shape index (κ3) is 4.68. The number of esters is 1. The second kappa shape index (κ2) is 6.66. The molecule has 2 fully saturated rings. The fourth-order valence-corrected chi connectivity index (χ4v) is 3.77.